The van der Waals surface area contributed by atoms with Gasteiger partial charge in [-0.2, -0.15) is 18.4 Å². The number of hydrogen-bond donors (Lipinski definition) is 1. The minimum atomic E-state index is -4.83. The number of aromatic carboxylic acids is 1. The molecule has 2 aromatic rings. The quantitative estimate of drug-likeness (QED) is 0.579. The molecule has 1 N–H and O–H groups in total. The molecule has 3 rings (SSSR count). The molecule has 6 nitrogen and oxygen atoms in total. The van der Waals surface area contributed by atoms with Gasteiger partial charge in [-0.25, -0.2) is 9.18 Å². The summed E-state index contributed by atoms with van der Waals surface area (Å²) in [6.45, 7) is 1.42. The van der Waals surface area contributed by atoms with E-state index in [0.29, 0.717) is 6.07 Å². The number of benzene rings is 2. The number of anilines is 2. The first-order valence-electron chi connectivity index (χ1n) is 8.28. The minimum absolute atomic E-state index is 0.0653. The van der Waals surface area contributed by atoms with Crippen LogP contribution >= 0.6 is 12.2 Å². The highest BCUT2D eigenvalue weighted by Crippen LogP contribution is 2.37. The van der Waals surface area contributed by atoms with E-state index in [4.69, 9.17) is 22.6 Å². The number of carbonyl (C=O) groups excluding carboxylic acids is 1. The van der Waals surface area contributed by atoms with Crippen molar-refractivity contribution in [2.45, 2.75) is 19.1 Å². The highest BCUT2D eigenvalue weighted by molar-refractivity contribution is 7.81. The lowest BCUT2D eigenvalue weighted by atomic mass is 10.1. The van der Waals surface area contributed by atoms with Gasteiger partial charge >= 0.3 is 12.1 Å². The summed E-state index contributed by atoms with van der Waals surface area (Å²) in [5.74, 6) is -3.20. The lowest BCUT2D eigenvalue weighted by Crippen LogP contribution is -2.34. The number of thiocarbonyl (C=S) groups is 1. The number of hydrogen-bond acceptors (Lipinski definition) is 4. The van der Waals surface area contributed by atoms with Gasteiger partial charge in [-0.05, 0) is 55.5 Å². The molecule has 2 aromatic carbocycles. The largest absolute Gasteiger partial charge is 0.478 e. The Bertz CT molecular complexity index is 1130. The smallest absolute Gasteiger partial charge is 0.417 e. The van der Waals surface area contributed by atoms with Gasteiger partial charge in [0.05, 0.1) is 28.4 Å². The molecule has 1 atom stereocenters. The van der Waals surface area contributed by atoms with Gasteiger partial charge in [0.1, 0.15) is 11.9 Å². The minimum Gasteiger partial charge on any atom is -0.478 e. The van der Waals surface area contributed by atoms with Gasteiger partial charge in [-0.1, -0.05) is 0 Å². The van der Waals surface area contributed by atoms with Crippen LogP contribution in [0, 0.1) is 17.1 Å². The SMILES string of the molecule is CC1C(=O)N(c2ccc(C#N)c(C(F)(F)F)c2)C(=S)N1c1ccc(C(=O)O)c(F)c1. The zero-order valence-electron chi connectivity index (χ0n) is 15.1. The number of nitrogens with zero attached hydrogens (tertiary/aromatic N) is 3. The lowest BCUT2D eigenvalue weighted by Gasteiger charge is -2.23. The number of carbonyl (C=O) groups is 2. The maximum atomic E-state index is 14.1. The third-order valence-corrected chi connectivity index (χ3v) is 4.89. The molecular formula is C19H11F4N3O3S. The normalized spacial score (nSPS) is 16.7. The topological polar surface area (TPSA) is 84.6 Å². The average molecular weight is 437 g/mol. The first kappa shape index (κ1) is 21.2. The summed E-state index contributed by atoms with van der Waals surface area (Å²) in [6.07, 6.45) is -4.83. The fourth-order valence-electron chi connectivity index (χ4n) is 3.07. The summed E-state index contributed by atoms with van der Waals surface area (Å²) in [5.41, 5.74) is -2.55. The summed E-state index contributed by atoms with van der Waals surface area (Å²) in [5, 5.41) is 17.6. The number of alkyl halides is 3. The number of nitriles is 1. The molecule has 1 aliphatic rings. The van der Waals surface area contributed by atoms with Crippen LogP contribution in [0.2, 0.25) is 0 Å². The lowest BCUT2D eigenvalue weighted by molar-refractivity contribution is -0.137. The van der Waals surface area contributed by atoms with Gasteiger partial charge in [0.25, 0.3) is 5.91 Å². The molecule has 154 valence electrons. The van der Waals surface area contributed by atoms with E-state index in [1.54, 1.807) is 0 Å². The fourth-order valence-corrected chi connectivity index (χ4v) is 3.53. The van der Waals surface area contributed by atoms with Gasteiger partial charge in [0, 0.05) is 5.69 Å². The Kier molecular flexibility index (Phi) is 5.22. The number of halogens is 4. The Morgan fingerprint density at radius 1 is 1.20 bits per heavy atom. The van der Waals surface area contributed by atoms with E-state index in [2.05, 4.69) is 0 Å². The van der Waals surface area contributed by atoms with Crippen molar-refractivity contribution in [3.05, 3.63) is 58.9 Å². The molecule has 1 fully saturated rings. The first-order valence-corrected chi connectivity index (χ1v) is 8.69. The Morgan fingerprint density at radius 2 is 1.83 bits per heavy atom. The van der Waals surface area contributed by atoms with E-state index in [1.807, 2.05) is 0 Å². The molecule has 0 saturated carbocycles. The molecule has 0 spiro atoms. The maximum Gasteiger partial charge on any atom is 0.417 e. The van der Waals surface area contributed by atoms with E-state index in [1.165, 1.54) is 24.0 Å². The zero-order valence-corrected chi connectivity index (χ0v) is 15.9. The van der Waals surface area contributed by atoms with Crippen LogP contribution in [0.3, 0.4) is 0 Å². The number of carboxylic acid groups (broad SMARTS) is 1. The van der Waals surface area contributed by atoms with Crippen LogP contribution in [0.25, 0.3) is 0 Å². The Hall–Kier alpha value is -3.52. The molecule has 0 bridgehead atoms. The second kappa shape index (κ2) is 7.38. The summed E-state index contributed by atoms with van der Waals surface area (Å²) in [6, 6.07) is 6.31. The third-order valence-electron chi connectivity index (χ3n) is 4.51. The Morgan fingerprint density at radius 3 is 2.37 bits per heavy atom. The van der Waals surface area contributed by atoms with Crippen molar-refractivity contribution in [1.29, 1.82) is 5.26 Å². The number of rotatable bonds is 3. The Labute approximate surface area is 172 Å². The van der Waals surface area contributed by atoms with Crippen molar-refractivity contribution in [2.24, 2.45) is 0 Å². The summed E-state index contributed by atoms with van der Waals surface area (Å²) in [7, 11) is 0. The van der Waals surface area contributed by atoms with Crippen LogP contribution < -0.4 is 9.80 Å². The molecule has 30 heavy (non-hydrogen) atoms. The maximum absolute atomic E-state index is 14.1. The van der Waals surface area contributed by atoms with Gasteiger partial charge in [0.2, 0.25) is 0 Å². The van der Waals surface area contributed by atoms with E-state index >= 15 is 0 Å². The van der Waals surface area contributed by atoms with Crippen LogP contribution in [0.15, 0.2) is 36.4 Å². The summed E-state index contributed by atoms with van der Waals surface area (Å²) in [4.78, 5) is 25.8. The fraction of sp³-hybridized carbons (Fsp3) is 0.158. The average Bonchev–Trinajstić information content (AvgIpc) is 2.89. The predicted molar refractivity (Wildman–Crippen MR) is 102 cm³/mol. The second-order valence-electron chi connectivity index (χ2n) is 6.31. The zero-order chi connectivity index (χ0) is 22.4. The van der Waals surface area contributed by atoms with Gasteiger partial charge in [0.15, 0.2) is 5.11 Å². The standard InChI is InChI=1S/C19H11F4N3O3S/c1-9-16(27)26(11-3-2-10(8-24)14(6-11)19(21,22)23)18(30)25(9)12-4-5-13(17(28)29)15(20)7-12/h2-7,9H,1H3,(H,28,29). The van der Waals surface area contributed by atoms with Crippen LogP contribution in [-0.2, 0) is 11.0 Å². The van der Waals surface area contributed by atoms with E-state index in [9.17, 15) is 27.2 Å². The molecule has 1 saturated heterocycles. The van der Waals surface area contributed by atoms with Crippen LogP contribution in [0.1, 0.15) is 28.4 Å². The van der Waals surface area contributed by atoms with Crippen molar-refractivity contribution in [2.75, 3.05) is 9.80 Å². The number of carboxylic acids is 1. The van der Waals surface area contributed by atoms with Crippen molar-refractivity contribution in [3.8, 4) is 6.07 Å². The van der Waals surface area contributed by atoms with Crippen molar-refractivity contribution < 1.29 is 32.3 Å². The molecule has 1 aliphatic heterocycles. The monoisotopic (exact) mass is 437 g/mol. The molecule has 1 unspecified atom stereocenters. The van der Waals surface area contributed by atoms with Crippen molar-refractivity contribution in [1.82, 2.24) is 0 Å². The molecular weight excluding hydrogens is 426 g/mol. The van der Waals surface area contributed by atoms with E-state index in [0.717, 1.165) is 29.2 Å². The number of amides is 1. The van der Waals surface area contributed by atoms with E-state index < -0.39 is 46.6 Å². The molecule has 1 amide bonds. The summed E-state index contributed by atoms with van der Waals surface area (Å²) >= 11 is 5.25. The highest BCUT2D eigenvalue weighted by Gasteiger charge is 2.43. The molecule has 0 aliphatic carbocycles. The molecule has 1 heterocycles. The van der Waals surface area contributed by atoms with Crippen LogP contribution in [-0.4, -0.2) is 28.1 Å². The predicted octanol–water partition coefficient (Wildman–Crippen LogP) is 3.94. The van der Waals surface area contributed by atoms with Crippen molar-refractivity contribution >= 4 is 40.6 Å². The summed E-state index contributed by atoms with van der Waals surface area (Å²) < 4.78 is 53.9. The van der Waals surface area contributed by atoms with Crippen LogP contribution in [0.4, 0.5) is 28.9 Å². The molecule has 0 aromatic heterocycles. The second-order valence-corrected chi connectivity index (χ2v) is 6.68. The molecule has 0 radical (unpaired) electrons. The Balaban J connectivity index is 2.05. The van der Waals surface area contributed by atoms with Crippen molar-refractivity contribution in [3.63, 3.8) is 0 Å². The highest BCUT2D eigenvalue weighted by atomic mass is 32.1. The third kappa shape index (κ3) is 3.46. The van der Waals surface area contributed by atoms with E-state index in [-0.39, 0.29) is 16.5 Å². The first-order chi connectivity index (χ1) is 14.0. The molecule has 11 heteroatoms. The van der Waals surface area contributed by atoms with Gasteiger partial charge < -0.3 is 10.0 Å². The van der Waals surface area contributed by atoms with Gasteiger partial charge in [-0.15, -0.1) is 0 Å². The van der Waals surface area contributed by atoms with Gasteiger partial charge in [-0.3, -0.25) is 9.69 Å². The van der Waals surface area contributed by atoms with Crippen LogP contribution in [0.5, 0.6) is 0 Å².